The summed E-state index contributed by atoms with van der Waals surface area (Å²) in [7, 11) is 6.13. The van der Waals surface area contributed by atoms with Crippen LogP contribution < -0.4 is 15.0 Å². The zero-order valence-corrected chi connectivity index (χ0v) is 24.4. The first-order valence-electron chi connectivity index (χ1n) is 15.5. The van der Waals surface area contributed by atoms with Crippen LogP contribution in [-0.2, 0) is 29.6 Å². The van der Waals surface area contributed by atoms with Crippen LogP contribution in [0, 0.1) is 5.92 Å². The van der Waals surface area contributed by atoms with Crippen molar-refractivity contribution >= 4 is 11.6 Å². The fourth-order valence-electron chi connectivity index (χ4n) is 9.18. The van der Waals surface area contributed by atoms with Crippen molar-refractivity contribution in [1.82, 2.24) is 15.1 Å². The van der Waals surface area contributed by atoms with E-state index in [2.05, 4.69) is 38.2 Å². The Balaban J connectivity index is 1.10. The molecule has 1 amide bonds. The van der Waals surface area contributed by atoms with Crippen LogP contribution in [0.5, 0.6) is 11.5 Å². The normalized spacial score (nSPS) is 35.3. The van der Waals surface area contributed by atoms with E-state index in [0.717, 1.165) is 44.0 Å². The van der Waals surface area contributed by atoms with Gasteiger partial charge in [-0.3, -0.25) is 14.6 Å². The van der Waals surface area contributed by atoms with Crippen molar-refractivity contribution in [3.63, 3.8) is 0 Å². The van der Waals surface area contributed by atoms with Crippen LogP contribution >= 0.6 is 0 Å². The molecule has 0 aromatic heterocycles. The Hall–Kier alpha value is -2.81. The number of nitrogens with zero attached hydrogens (tertiary/aromatic N) is 3. The smallest absolute Gasteiger partial charge is 0.238 e. The first-order valence-corrected chi connectivity index (χ1v) is 15.5. The molecule has 1 spiro atoms. The second kappa shape index (κ2) is 8.85. The first kappa shape index (κ1) is 25.9. The molecule has 6 aliphatic rings. The van der Waals surface area contributed by atoms with E-state index in [1.165, 1.54) is 35.2 Å². The van der Waals surface area contributed by atoms with Gasteiger partial charge >= 0.3 is 0 Å². The molecule has 3 N–H and O–H groups in total. The summed E-state index contributed by atoms with van der Waals surface area (Å²) in [4.78, 5) is 20.7. The van der Waals surface area contributed by atoms with Crippen LogP contribution in [-0.4, -0.2) is 90.0 Å². The third-order valence-corrected chi connectivity index (χ3v) is 11.5. The van der Waals surface area contributed by atoms with Gasteiger partial charge in [0.05, 0.1) is 23.1 Å². The highest BCUT2D eigenvalue weighted by atomic mass is 16.5. The monoisotopic (exact) mass is 558 g/mol. The highest BCUT2D eigenvalue weighted by Gasteiger charge is 2.73. The van der Waals surface area contributed by atoms with Gasteiger partial charge in [0.25, 0.3) is 0 Å². The zero-order valence-electron chi connectivity index (χ0n) is 24.4. The number of hydrogen-bond acceptors (Lipinski definition) is 7. The topological polar surface area (TPSA) is 88.5 Å². The minimum Gasteiger partial charge on any atom is -0.504 e. The van der Waals surface area contributed by atoms with Crippen LogP contribution in [0.25, 0.3) is 0 Å². The van der Waals surface area contributed by atoms with Crippen molar-refractivity contribution in [3.05, 3.63) is 52.6 Å². The molecule has 8 heteroatoms. The summed E-state index contributed by atoms with van der Waals surface area (Å²) < 4.78 is 6.66. The fraction of sp³-hybridized carbons (Fsp3) is 0.606. The minimum atomic E-state index is -0.942. The SMILES string of the molecule is CN(C)c1ccc2c(c1)CN(C)[C@H](C(=O)N[C@@H]1CC[C@@]3(O)[C@H]4Cc5ccc(O)c6c5[C@@]3(CCN4CC3CC3)[C@H]1O6)C2. The van der Waals surface area contributed by atoms with Gasteiger partial charge in [0.1, 0.15) is 6.10 Å². The molecule has 2 bridgehead atoms. The summed E-state index contributed by atoms with van der Waals surface area (Å²) in [5.41, 5.74) is 4.29. The number of anilines is 1. The van der Waals surface area contributed by atoms with Crippen LogP contribution in [0.15, 0.2) is 30.3 Å². The largest absolute Gasteiger partial charge is 0.504 e. The highest BCUT2D eigenvalue weighted by molar-refractivity contribution is 5.83. The summed E-state index contributed by atoms with van der Waals surface area (Å²) in [5, 5.41) is 27.0. The second-order valence-electron chi connectivity index (χ2n) is 13.9. The number of amides is 1. The zero-order chi connectivity index (χ0) is 28.3. The molecule has 0 radical (unpaired) electrons. The number of piperidine rings is 1. The molecule has 3 aliphatic carbocycles. The minimum absolute atomic E-state index is 0.0178. The van der Waals surface area contributed by atoms with E-state index in [1.807, 2.05) is 27.2 Å². The van der Waals surface area contributed by atoms with E-state index in [1.54, 1.807) is 6.07 Å². The molecule has 2 aromatic carbocycles. The molecule has 8 rings (SSSR count). The number of carbonyl (C=O) groups is 1. The lowest BCUT2D eigenvalue weighted by Crippen LogP contribution is -2.78. The average Bonchev–Trinajstić information content (AvgIpc) is 3.69. The third-order valence-electron chi connectivity index (χ3n) is 11.5. The predicted molar refractivity (Wildman–Crippen MR) is 156 cm³/mol. The number of phenols is 1. The van der Waals surface area contributed by atoms with Crippen molar-refractivity contribution < 1.29 is 19.7 Å². The van der Waals surface area contributed by atoms with E-state index >= 15 is 0 Å². The fourth-order valence-corrected chi connectivity index (χ4v) is 9.18. The average molecular weight is 559 g/mol. The predicted octanol–water partition coefficient (Wildman–Crippen LogP) is 2.56. The lowest BCUT2D eigenvalue weighted by Gasteiger charge is -2.64. The van der Waals surface area contributed by atoms with Crippen LogP contribution in [0.4, 0.5) is 5.69 Å². The Morgan fingerprint density at radius 2 is 1.90 bits per heavy atom. The molecular formula is C33H42N4O4. The van der Waals surface area contributed by atoms with Crippen molar-refractivity contribution in [2.45, 2.75) is 86.7 Å². The van der Waals surface area contributed by atoms with E-state index in [4.69, 9.17) is 4.74 Å². The van der Waals surface area contributed by atoms with Crippen LogP contribution in [0.3, 0.4) is 0 Å². The maximum absolute atomic E-state index is 13.9. The van der Waals surface area contributed by atoms with Crippen molar-refractivity contribution in [3.8, 4) is 11.5 Å². The van der Waals surface area contributed by atoms with Gasteiger partial charge < -0.3 is 25.2 Å². The van der Waals surface area contributed by atoms with Crippen molar-refractivity contribution in [2.24, 2.45) is 5.92 Å². The molecule has 6 atom stereocenters. The van der Waals surface area contributed by atoms with Crippen molar-refractivity contribution in [2.75, 3.05) is 39.1 Å². The summed E-state index contributed by atoms with van der Waals surface area (Å²) >= 11 is 0. The number of benzene rings is 2. The number of likely N-dealkylation sites (N-methyl/N-ethyl adjacent to an activating group) is 1. The number of aliphatic hydroxyl groups is 1. The van der Waals surface area contributed by atoms with Gasteiger partial charge in [-0.1, -0.05) is 12.1 Å². The van der Waals surface area contributed by atoms with Gasteiger partial charge in [-0.25, -0.2) is 0 Å². The molecule has 3 fully saturated rings. The Morgan fingerprint density at radius 3 is 2.68 bits per heavy atom. The number of nitrogens with one attached hydrogen (secondary N) is 1. The van der Waals surface area contributed by atoms with Gasteiger partial charge in [-0.15, -0.1) is 0 Å². The second-order valence-corrected chi connectivity index (χ2v) is 13.9. The molecule has 3 aliphatic heterocycles. The molecule has 2 saturated carbocycles. The molecule has 1 saturated heterocycles. The molecule has 0 unspecified atom stereocenters. The van der Waals surface area contributed by atoms with Gasteiger partial charge in [0.2, 0.25) is 5.91 Å². The lowest BCUT2D eigenvalue weighted by molar-refractivity contribution is -0.192. The number of likely N-dealkylation sites (tertiary alicyclic amines) is 1. The quantitative estimate of drug-likeness (QED) is 0.520. The summed E-state index contributed by atoms with van der Waals surface area (Å²) in [6.07, 6.45) is 5.68. The van der Waals surface area contributed by atoms with Gasteiger partial charge in [-0.2, -0.15) is 0 Å². The number of rotatable bonds is 5. The molecule has 41 heavy (non-hydrogen) atoms. The summed E-state index contributed by atoms with van der Waals surface area (Å²) in [6, 6.07) is 9.84. The summed E-state index contributed by atoms with van der Waals surface area (Å²) in [5.74, 6) is 1.44. The number of hydrogen-bond donors (Lipinski definition) is 3. The van der Waals surface area contributed by atoms with E-state index in [-0.39, 0.29) is 29.8 Å². The first-order chi connectivity index (χ1) is 19.7. The van der Waals surface area contributed by atoms with Crippen LogP contribution in [0.2, 0.25) is 0 Å². The molecule has 2 aromatic rings. The number of carbonyl (C=O) groups excluding carboxylic acids is 1. The Kier molecular flexibility index (Phi) is 5.58. The van der Waals surface area contributed by atoms with E-state index in [0.29, 0.717) is 25.0 Å². The van der Waals surface area contributed by atoms with Gasteiger partial charge in [0.15, 0.2) is 11.5 Å². The third kappa shape index (κ3) is 3.59. The van der Waals surface area contributed by atoms with Crippen LogP contribution in [0.1, 0.15) is 54.4 Å². The van der Waals surface area contributed by atoms with Crippen molar-refractivity contribution in [1.29, 1.82) is 0 Å². The standard InChI is InChI=1S/C33H42N4O4/c1-35(2)23-8-6-20-15-25(36(3)18-22(20)14-23)31(39)34-24-10-11-33(40)27-16-21-7-9-26(38)29-28(21)32(33,30(24)41-29)12-13-37(27)17-19-4-5-19/h6-9,14,19,24-25,27,30,38,40H,4-5,10-13,15-18H2,1-3H3,(H,34,39)/t24-,25+,27-,30+,32+,33-/m1/s1. The Morgan fingerprint density at radius 1 is 1.10 bits per heavy atom. The number of fused-ring (bicyclic) bond motifs is 1. The van der Waals surface area contributed by atoms with Gasteiger partial charge in [0, 0.05) is 44.5 Å². The van der Waals surface area contributed by atoms with E-state index < -0.39 is 17.1 Å². The summed E-state index contributed by atoms with van der Waals surface area (Å²) in [6.45, 7) is 2.70. The molecule has 218 valence electrons. The van der Waals surface area contributed by atoms with E-state index in [9.17, 15) is 15.0 Å². The van der Waals surface area contributed by atoms with Gasteiger partial charge in [-0.05, 0) is 99.3 Å². The number of phenolic OH excluding ortho intramolecular Hbond substituents is 1. The maximum Gasteiger partial charge on any atom is 0.238 e. The maximum atomic E-state index is 13.9. The molecule has 3 heterocycles. The lowest BCUT2D eigenvalue weighted by atomic mass is 9.48. The molecule has 8 nitrogen and oxygen atoms in total. The number of ether oxygens (including phenoxy) is 1. The number of aromatic hydroxyl groups is 1. The molecular weight excluding hydrogens is 516 g/mol. The highest BCUT2D eigenvalue weighted by Crippen LogP contribution is 2.65. The Bertz CT molecular complexity index is 1420. The Labute approximate surface area is 242 Å².